The monoisotopic (exact) mass is 404 g/mol. The van der Waals surface area contributed by atoms with E-state index < -0.39 is 23.5 Å². The topological polar surface area (TPSA) is 75.3 Å². The number of carbonyl (C=O) groups is 3. The van der Waals surface area contributed by atoms with Crippen LogP contribution in [0.2, 0.25) is 10.0 Å². The summed E-state index contributed by atoms with van der Waals surface area (Å²) in [6.07, 6.45) is 1.36. The van der Waals surface area contributed by atoms with Gasteiger partial charge in [0.25, 0.3) is 5.91 Å². The van der Waals surface area contributed by atoms with Crippen molar-refractivity contribution in [2.45, 2.75) is 25.7 Å². The molecule has 1 atom stereocenters. The highest BCUT2D eigenvalue weighted by molar-refractivity contribution is 6.47. The summed E-state index contributed by atoms with van der Waals surface area (Å²) in [5.41, 5.74) is 2.95. The number of benzene rings is 2. The lowest BCUT2D eigenvalue weighted by molar-refractivity contribution is -0.139. The lowest BCUT2D eigenvalue weighted by Crippen LogP contribution is -2.42. The van der Waals surface area contributed by atoms with E-state index >= 15 is 0 Å². The summed E-state index contributed by atoms with van der Waals surface area (Å²) < 4.78 is 0. The van der Waals surface area contributed by atoms with Crippen LogP contribution in [0.4, 0.5) is 5.69 Å². The molecule has 3 rings (SSSR count). The van der Waals surface area contributed by atoms with Crippen LogP contribution in [-0.2, 0) is 20.8 Å². The van der Waals surface area contributed by atoms with Gasteiger partial charge in [0.05, 0.1) is 10.0 Å². The number of aryl methyl sites for hydroxylation is 2. The lowest BCUT2D eigenvalue weighted by atomic mass is 9.87. The van der Waals surface area contributed by atoms with Gasteiger partial charge in [-0.25, -0.2) is 0 Å². The third-order valence-electron chi connectivity index (χ3n) is 4.44. The molecule has 2 amide bonds. The number of carbonyl (C=O) groups excluding carboxylic acids is 3. The van der Waals surface area contributed by atoms with Gasteiger partial charge < -0.3 is 10.6 Å². The number of ketones is 1. The summed E-state index contributed by atoms with van der Waals surface area (Å²) in [6, 6.07) is 10.7. The van der Waals surface area contributed by atoms with E-state index in [9.17, 15) is 14.4 Å². The molecular weight excluding hydrogens is 387 g/mol. The van der Waals surface area contributed by atoms with Crippen LogP contribution >= 0.6 is 23.2 Å². The van der Waals surface area contributed by atoms with Crippen molar-refractivity contribution in [3.63, 3.8) is 0 Å². The van der Waals surface area contributed by atoms with E-state index in [0.29, 0.717) is 40.7 Å². The van der Waals surface area contributed by atoms with Crippen molar-refractivity contribution in [3.8, 4) is 0 Å². The minimum absolute atomic E-state index is 0.381. The fourth-order valence-electron chi connectivity index (χ4n) is 3.05. The second kappa shape index (κ2) is 8.11. The van der Waals surface area contributed by atoms with Gasteiger partial charge >= 0.3 is 0 Å². The maximum Gasteiger partial charge on any atom is 0.292 e. The SMILES string of the molecule is Cc1ccc2c(c1)C(C(=O)NCCCc1ccc(Cl)c(Cl)c1)C(=O)C(=O)N2. The number of fused-ring (bicyclic) bond motifs is 1. The Kier molecular flexibility index (Phi) is 5.82. The second-order valence-electron chi connectivity index (χ2n) is 6.49. The first-order valence-corrected chi connectivity index (χ1v) is 9.30. The molecule has 2 aromatic rings. The van der Waals surface area contributed by atoms with Gasteiger partial charge in [0.15, 0.2) is 0 Å². The van der Waals surface area contributed by atoms with Crippen LogP contribution in [0.5, 0.6) is 0 Å². The van der Waals surface area contributed by atoms with Crippen LogP contribution in [0.25, 0.3) is 0 Å². The Bertz CT molecular complexity index is 927. The number of nitrogens with one attached hydrogen (secondary N) is 2. The molecule has 0 radical (unpaired) electrons. The van der Waals surface area contributed by atoms with Crippen LogP contribution in [0.3, 0.4) is 0 Å². The Labute approximate surface area is 167 Å². The Hall–Kier alpha value is -2.37. The van der Waals surface area contributed by atoms with Crippen molar-refractivity contribution in [1.29, 1.82) is 0 Å². The fraction of sp³-hybridized carbons (Fsp3) is 0.250. The molecule has 2 aromatic carbocycles. The van der Waals surface area contributed by atoms with E-state index in [1.807, 2.05) is 19.1 Å². The third kappa shape index (κ3) is 4.31. The van der Waals surface area contributed by atoms with Gasteiger partial charge in [-0.1, -0.05) is 47.0 Å². The van der Waals surface area contributed by atoms with Crippen molar-refractivity contribution in [3.05, 3.63) is 63.1 Å². The molecule has 0 aliphatic carbocycles. The molecule has 1 unspecified atom stereocenters. The number of Topliss-reactive ketones (excluding diaryl/α,β-unsaturated/α-hetero) is 1. The Balaban J connectivity index is 1.63. The van der Waals surface area contributed by atoms with E-state index in [-0.39, 0.29) is 0 Å². The molecule has 1 aliphatic rings. The largest absolute Gasteiger partial charge is 0.355 e. The van der Waals surface area contributed by atoms with Crippen LogP contribution < -0.4 is 10.6 Å². The van der Waals surface area contributed by atoms with Gasteiger partial charge in [-0.15, -0.1) is 0 Å². The van der Waals surface area contributed by atoms with Gasteiger partial charge in [0.1, 0.15) is 5.92 Å². The Morgan fingerprint density at radius 3 is 2.63 bits per heavy atom. The lowest BCUT2D eigenvalue weighted by Gasteiger charge is -2.24. The molecule has 0 spiro atoms. The normalized spacial score (nSPS) is 15.9. The van der Waals surface area contributed by atoms with Crippen molar-refractivity contribution in [2.75, 3.05) is 11.9 Å². The summed E-state index contributed by atoms with van der Waals surface area (Å²) in [6.45, 7) is 2.25. The zero-order chi connectivity index (χ0) is 19.6. The highest BCUT2D eigenvalue weighted by Crippen LogP contribution is 2.31. The number of anilines is 1. The van der Waals surface area contributed by atoms with Gasteiger partial charge in [0, 0.05) is 12.2 Å². The van der Waals surface area contributed by atoms with Gasteiger partial charge in [-0.05, 0) is 49.1 Å². The summed E-state index contributed by atoms with van der Waals surface area (Å²) in [4.78, 5) is 36.7. The Morgan fingerprint density at radius 2 is 1.89 bits per heavy atom. The number of hydrogen-bond acceptors (Lipinski definition) is 3. The van der Waals surface area contributed by atoms with Crippen molar-refractivity contribution >= 4 is 46.5 Å². The van der Waals surface area contributed by atoms with Crippen LogP contribution in [-0.4, -0.2) is 24.1 Å². The van der Waals surface area contributed by atoms with E-state index in [1.165, 1.54) is 0 Å². The molecule has 27 heavy (non-hydrogen) atoms. The molecule has 1 aliphatic heterocycles. The number of halogens is 2. The van der Waals surface area contributed by atoms with Crippen LogP contribution in [0.15, 0.2) is 36.4 Å². The first-order valence-electron chi connectivity index (χ1n) is 8.54. The van der Waals surface area contributed by atoms with Crippen molar-refractivity contribution < 1.29 is 14.4 Å². The van der Waals surface area contributed by atoms with E-state index in [1.54, 1.807) is 24.3 Å². The molecule has 5 nitrogen and oxygen atoms in total. The molecule has 2 N–H and O–H groups in total. The van der Waals surface area contributed by atoms with Crippen LogP contribution in [0.1, 0.15) is 29.0 Å². The van der Waals surface area contributed by atoms with Crippen LogP contribution in [0, 0.1) is 6.92 Å². The standard InChI is InChI=1S/C20H18Cl2N2O3/c1-11-4-7-16-13(9-11)17(18(25)20(27)24-16)19(26)23-8-2-3-12-5-6-14(21)15(22)10-12/h4-7,9-10,17H,2-3,8H2,1H3,(H,23,26)(H,24,27). The molecule has 0 fully saturated rings. The number of rotatable bonds is 5. The van der Waals surface area contributed by atoms with Crippen molar-refractivity contribution in [1.82, 2.24) is 5.32 Å². The average molecular weight is 405 g/mol. The minimum atomic E-state index is -1.11. The first-order chi connectivity index (χ1) is 12.9. The second-order valence-corrected chi connectivity index (χ2v) is 7.30. The summed E-state index contributed by atoms with van der Waals surface area (Å²) >= 11 is 11.9. The van der Waals surface area contributed by atoms with Gasteiger partial charge in [-0.3, -0.25) is 14.4 Å². The van der Waals surface area contributed by atoms with Gasteiger partial charge in [0.2, 0.25) is 11.7 Å². The average Bonchev–Trinajstić information content (AvgIpc) is 2.63. The zero-order valence-corrected chi connectivity index (χ0v) is 16.2. The molecule has 0 saturated carbocycles. The van der Waals surface area contributed by atoms with Gasteiger partial charge in [-0.2, -0.15) is 0 Å². The van der Waals surface area contributed by atoms with E-state index in [4.69, 9.17) is 23.2 Å². The molecule has 1 heterocycles. The van der Waals surface area contributed by atoms with Crippen molar-refractivity contribution in [2.24, 2.45) is 0 Å². The summed E-state index contributed by atoms with van der Waals surface area (Å²) in [5.74, 6) is -3.08. The zero-order valence-electron chi connectivity index (χ0n) is 14.6. The molecular formula is C20H18Cl2N2O3. The fourth-order valence-corrected chi connectivity index (χ4v) is 3.37. The first kappa shape index (κ1) is 19.4. The minimum Gasteiger partial charge on any atom is -0.355 e. The molecule has 0 aromatic heterocycles. The summed E-state index contributed by atoms with van der Waals surface area (Å²) in [7, 11) is 0. The predicted octanol–water partition coefficient (Wildman–Crippen LogP) is 3.66. The molecule has 0 saturated heterocycles. The summed E-state index contributed by atoms with van der Waals surface area (Å²) in [5, 5.41) is 6.28. The van der Waals surface area contributed by atoms with E-state index in [2.05, 4.69) is 10.6 Å². The molecule has 140 valence electrons. The van der Waals surface area contributed by atoms with E-state index in [0.717, 1.165) is 11.1 Å². The molecule has 0 bridgehead atoms. The molecule has 7 heteroatoms. The maximum atomic E-state index is 12.6. The maximum absolute atomic E-state index is 12.6. The highest BCUT2D eigenvalue weighted by atomic mass is 35.5. The Morgan fingerprint density at radius 1 is 1.11 bits per heavy atom. The number of hydrogen-bond donors (Lipinski definition) is 2. The smallest absolute Gasteiger partial charge is 0.292 e. The highest BCUT2D eigenvalue weighted by Gasteiger charge is 2.38. The number of amides is 2. The quantitative estimate of drug-likeness (QED) is 0.453. The predicted molar refractivity (Wildman–Crippen MR) is 105 cm³/mol. The third-order valence-corrected chi connectivity index (χ3v) is 5.18.